The summed E-state index contributed by atoms with van der Waals surface area (Å²) in [6.45, 7) is 3.96. The van der Waals surface area contributed by atoms with Crippen molar-refractivity contribution in [3.05, 3.63) is 23.5 Å². The Hall–Kier alpha value is -1.38. The van der Waals surface area contributed by atoms with Crippen molar-refractivity contribution in [3.63, 3.8) is 0 Å². The third-order valence-electron chi connectivity index (χ3n) is 1.63. The summed E-state index contributed by atoms with van der Waals surface area (Å²) < 4.78 is 0. The Labute approximate surface area is 71.1 Å². The van der Waals surface area contributed by atoms with E-state index >= 15 is 0 Å². The molecule has 0 spiro atoms. The fraction of sp³-hybridized carbons (Fsp3) is 0.333. The predicted molar refractivity (Wildman–Crippen MR) is 45.4 cm³/mol. The highest BCUT2D eigenvalue weighted by Gasteiger charge is 2.05. The van der Waals surface area contributed by atoms with Crippen LogP contribution < -0.4 is 0 Å². The van der Waals surface area contributed by atoms with E-state index in [-0.39, 0.29) is 17.4 Å². The van der Waals surface area contributed by atoms with E-state index in [0.29, 0.717) is 6.29 Å². The molecule has 3 nitrogen and oxygen atoms in total. The zero-order valence-electron chi connectivity index (χ0n) is 7.11. The van der Waals surface area contributed by atoms with Gasteiger partial charge in [0.05, 0.1) is 0 Å². The van der Waals surface area contributed by atoms with Crippen molar-refractivity contribution >= 4 is 6.29 Å². The molecule has 0 saturated carbocycles. The second-order valence-corrected chi connectivity index (χ2v) is 2.91. The van der Waals surface area contributed by atoms with E-state index in [2.05, 4.69) is 4.98 Å². The number of aldehydes is 1. The number of carbonyl (C=O) groups excluding carboxylic acids is 1. The summed E-state index contributed by atoms with van der Waals surface area (Å²) in [5.41, 5.74) is 0.927. The van der Waals surface area contributed by atoms with Gasteiger partial charge in [-0.15, -0.1) is 0 Å². The largest absolute Gasteiger partial charge is 0.506 e. The summed E-state index contributed by atoms with van der Waals surface area (Å²) in [7, 11) is 0. The molecule has 0 aliphatic heterocycles. The summed E-state index contributed by atoms with van der Waals surface area (Å²) in [5.74, 6) is 0.207. The first-order valence-corrected chi connectivity index (χ1v) is 3.80. The zero-order chi connectivity index (χ0) is 9.14. The van der Waals surface area contributed by atoms with Crippen molar-refractivity contribution in [1.29, 1.82) is 0 Å². The van der Waals surface area contributed by atoms with Gasteiger partial charge in [-0.25, -0.2) is 4.98 Å². The lowest BCUT2D eigenvalue weighted by atomic mass is 10.1. The summed E-state index contributed by atoms with van der Waals surface area (Å²) in [4.78, 5) is 14.4. The Morgan fingerprint density at radius 1 is 1.50 bits per heavy atom. The number of aromatic nitrogens is 1. The lowest BCUT2D eigenvalue weighted by molar-refractivity contribution is 0.111. The molecule has 1 N–H and O–H groups in total. The maximum atomic E-state index is 10.4. The SMILES string of the molecule is CC(C)c1ccc(O)c(C=O)n1. The van der Waals surface area contributed by atoms with E-state index in [1.165, 1.54) is 6.07 Å². The van der Waals surface area contributed by atoms with Crippen molar-refractivity contribution < 1.29 is 9.90 Å². The van der Waals surface area contributed by atoms with Gasteiger partial charge in [0.1, 0.15) is 11.4 Å². The van der Waals surface area contributed by atoms with Gasteiger partial charge in [-0.1, -0.05) is 13.8 Å². The minimum absolute atomic E-state index is 0.0607. The average Bonchev–Trinajstić information content (AvgIpc) is 2.05. The summed E-state index contributed by atoms with van der Waals surface area (Å²) in [5, 5.41) is 9.12. The van der Waals surface area contributed by atoms with Crippen LogP contribution in [0.1, 0.15) is 35.9 Å². The molecule has 1 rings (SSSR count). The monoisotopic (exact) mass is 165 g/mol. The van der Waals surface area contributed by atoms with Gasteiger partial charge in [0.25, 0.3) is 0 Å². The maximum absolute atomic E-state index is 10.4. The van der Waals surface area contributed by atoms with Crippen LogP contribution in [0.5, 0.6) is 5.75 Å². The lowest BCUT2D eigenvalue weighted by Crippen LogP contribution is -1.96. The van der Waals surface area contributed by atoms with Crippen LogP contribution in [-0.4, -0.2) is 16.4 Å². The Balaban J connectivity index is 3.13. The molecule has 0 aliphatic rings. The van der Waals surface area contributed by atoms with E-state index < -0.39 is 0 Å². The van der Waals surface area contributed by atoms with Crippen molar-refractivity contribution in [3.8, 4) is 5.75 Å². The second kappa shape index (κ2) is 3.34. The lowest BCUT2D eigenvalue weighted by Gasteiger charge is -2.04. The van der Waals surface area contributed by atoms with E-state index in [9.17, 15) is 4.79 Å². The molecule has 1 aromatic rings. The van der Waals surface area contributed by atoms with Gasteiger partial charge in [-0.3, -0.25) is 4.79 Å². The molecule has 0 radical (unpaired) electrons. The topological polar surface area (TPSA) is 50.2 Å². The molecular weight excluding hydrogens is 154 g/mol. The minimum atomic E-state index is -0.0607. The Bertz CT molecular complexity index is 295. The Morgan fingerprint density at radius 3 is 2.67 bits per heavy atom. The predicted octanol–water partition coefficient (Wildman–Crippen LogP) is 1.72. The molecule has 0 aromatic carbocycles. The molecule has 0 atom stereocenters. The number of hydrogen-bond acceptors (Lipinski definition) is 3. The van der Waals surface area contributed by atoms with Gasteiger partial charge >= 0.3 is 0 Å². The van der Waals surface area contributed by atoms with Crippen LogP contribution in [0.25, 0.3) is 0 Å². The van der Waals surface area contributed by atoms with E-state index in [4.69, 9.17) is 5.11 Å². The molecule has 0 amide bonds. The number of rotatable bonds is 2. The van der Waals surface area contributed by atoms with Crippen LogP contribution in [0.3, 0.4) is 0 Å². The molecule has 1 heterocycles. The third kappa shape index (κ3) is 1.61. The van der Waals surface area contributed by atoms with Gasteiger partial charge in [0, 0.05) is 5.69 Å². The van der Waals surface area contributed by atoms with Crippen LogP contribution in [0.4, 0.5) is 0 Å². The van der Waals surface area contributed by atoms with Crippen LogP contribution in [-0.2, 0) is 0 Å². The van der Waals surface area contributed by atoms with Crippen molar-refractivity contribution in [2.45, 2.75) is 19.8 Å². The summed E-state index contributed by atoms with van der Waals surface area (Å²) >= 11 is 0. The van der Waals surface area contributed by atoms with Gasteiger partial charge in [0.2, 0.25) is 0 Å². The molecule has 0 aliphatic carbocycles. The average molecular weight is 165 g/mol. The van der Waals surface area contributed by atoms with Crippen LogP contribution in [0, 0.1) is 0 Å². The van der Waals surface area contributed by atoms with Gasteiger partial charge < -0.3 is 5.11 Å². The van der Waals surface area contributed by atoms with Crippen LogP contribution in [0.2, 0.25) is 0 Å². The number of aromatic hydroxyl groups is 1. The van der Waals surface area contributed by atoms with E-state index in [1.54, 1.807) is 6.07 Å². The fourth-order valence-corrected chi connectivity index (χ4v) is 0.892. The third-order valence-corrected chi connectivity index (χ3v) is 1.63. The van der Waals surface area contributed by atoms with Crippen molar-refractivity contribution in [2.75, 3.05) is 0 Å². The molecule has 0 unspecified atom stereocenters. The Kier molecular flexibility index (Phi) is 2.43. The smallest absolute Gasteiger partial charge is 0.172 e. The molecule has 0 fully saturated rings. The highest BCUT2D eigenvalue weighted by molar-refractivity contribution is 5.75. The molecular formula is C9H11NO2. The number of pyridine rings is 1. The van der Waals surface area contributed by atoms with Crippen LogP contribution in [0.15, 0.2) is 12.1 Å². The first-order valence-electron chi connectivity index (χ1n) is 3.80. The highest BCUT2D eigenvalue weighted by Crippen LogP contribution is 2.17. The quantitative estimate of drug-likeness (QED) is 0.679. The normalized spacial score (nSPS) is 10.2. The first-order chi connectivity index (χ1) is 5.65. The number of hydrogen-bond donors (Lipinski definition) is 1. The van der Waals surface area contributed by atoms with Gasteiger partial charge in [-0.05, 0) is 18.1 Å². The minimum Gasteiger partial charge on any atom is -0.506 e. The molecule has 0 bridgehead atoms. The molecule has 3 heteroatoms. The van der Waals surface area contributed by atoms with E-state index in [0.717, 1.165) is 5.69 Å². The summed E-state index contributed by atoms with van der Waals surface area (Å²) in [6.07, 6.45) is 0.557. The zero-order valence-corrected chi connectivity index (χ0v) is 7.11. The van der Waals surface area contributed by atoms with E-state index in [1.807, 2.05) is 13.8 Å². The fourth-order valence-electron chi connectivity index (χ4n) is 0.892. The van der Waals surface area contributed by atoms with Gasteiger partial charge in [-0.2, -0.15) is 0 Å². The van der Waals surface area contributed by atoms with Crippen molar-refractivity contribution in [1.82, 2.24) is 4.98 Å². The molecule has 12 heavy (non-hydrogen) atoms. The highest BCUT2D eigenvalue weighted by atomic mass is 16.3. The maximum Gasteiger partial charge on any atom is 0.172 e. The second-order valence-electron chi connectivity index (χ2n) is 2.91. The molecule has 64 valence electrons. The standard InChI is InChI=1S/C9H11NO2/c1-6(2)7-3-4-9(12)8(5-11)10-7/h3-6,12H,1-2H3. The number of nitrogens with zero attached hydrogens (tertiary/aromatic N) is 1. The molecule has 1 aromatic heterocycles. The Morgan fingerprint density at radius 2 is 2.17 bits per heavy atom. The number of carbonyl (C=O) groups is 1. The molecule has 0 saturated heterocycles. The first kappa shape index (κ1) is 8.71. The van der Waals surface area contributed by atoms with Crippen molar-refractivity contribution in [2.24, 2.45) is 0 Å². The van der Waals surface area contributed by atoms with Gasteiger partial charge in [0.15, 0.2) is 6.29 Å². The summed E-state index contributed by atoms with van der Waals surface area (Å²) in [6, 6.07) is 3.21. The van der Waals surface area contributed by atoms with Crippen LogP contribution >= 0.6 is 0 Å².